The molecule has 0 unspecified atom stereocenters. The van der Waals surface area contributed by atoms with Gasteiger partial charge in [-0.1, -0.05) is 0 Å². The van der Waals surface area contributed by atoms with Gasteiger partial charge < -0.3 is 19.5 Å². The van der Waals surface area contributed by atoms with Crippen LogP contribution in [-0.4, -0.2) is 60.8 Å². The van der Waals surface area contributed by atoms with E-state index in [0.29, 0.717) is 41.9 Å². The molecule has 4 heterocycles. The molecule has 12 nitrogen and oxygen atoms in total. The molecule has 222 valence electrons. The number of anilines is 3. The number of aryl methyl sites for hydroxylation is 1. The first-order valence-electron chi connectivity index (χ1n) is 13.3. The van der Waals surface area contributed by atoms with Gasteiger partial charge in [-0.25, -0.2) is 39.2 Å². The first kappa shape index (κ1) is 29.3. The molecule has 0 aliphatic heterocycles. The molecule has 0 radical (unpaired) electrons. The molecule has 0 atom stereocenters. The van der Waals surface area contributed by atoms with E-state index in [1.807, 2.05) is 30.4 Å². The molecule has 43 heavy (non-hydrogen) atoms. The van der Waals surface area contributed by atoms with Crippen LogP contribution in [0.3, 0.4) is 0 Å². The zero-order valence-electron chi connectivity index (χ0n) is 23.8. The number of amides is 1. The van der Waals surface area contributed by atoms with Crippen LogP contribution in [0, 0.1) is 18.6 Å². The second kappa shape index (κ2) is 12.3. The number of rotatable bonds is 10. The molecule has 14 heteroatoms. The lowest BCUT2D eigenvalue weighted by Crippen LogP contribution is -2.25. The monoisotopic (exact) mass is 589 g/mol. The summed E-state index contributed by atoms with van der Waals surface area (Å²) in [6.07, 6.45) is 3.91. The Balaban J connectivity index is 1.23. The molecule has 0 saturated heterocycles. The molecular weight excluding hydrogens is 560 g/mol. The number of nitrogens with one attached hydrogen (secondary N) is 2. The van der Waals surface area contributed by atoms with Crippen LogP contribution in [0.2, 0.25) is 0 Å². The summed E-state index contributed by atoms with van der Waals surface area (Å²) in [5, 5.41) is 11.6. The summed E-state index contributed by atoms with van der Waals surface area (Å²) in [4.78, 5) is 34.4. The second-order valence-corrected chi connectivity index (χ2v) is 9.96. The van der Waals surface area contributed by atoms with Gasteiger partial charge in [-0.05, 0) is 57.2 Å². The number of likely N-dealkylation sites (N-methyl/N-ethyl adjacent to an activating group) is 1. The lowest BCUT2D eigenvalue weighted by molar-refractivity contribution is 0.0706. The summed E-state index contributed by atoms with van der Waals surface area (Å²) < 4.78 is 37.5. The normalized spacial score (nSPS) is 11.2. The highest BCUT2D eigenvalue weighted by molar-refractivity contribution is 5.93. The number of aromatic nitrogens is 6. The van der Waals surface area contributed by atoms with Crippen LogP contribution in [0.4, 0.5) is 26.4 Å². The third kappa shape index (κ3) is 6.33. The van der Waals surface area contributed by atoms with Crippen molar-refractivity contribution in [1.29, 1.82) is 0 Å². The minimum Gasteiger partial charge on any atom is -0.490 e. The summed E-state index contributed by atoms with van der Waals surface area (Å²) in [6, 6.07) is 9.50. The van der Waals surface area contributed by atoms with Crippen molar-refractivity contribution >= 4 is 34.5 Å². The number of benzene rings is 1. The number of carbonyl (C=O) groups is 1. The first-order valence-corrected chi connectivity index (χ1v) is 13.3. The van der Waals surface area contributed by atoms with Gasteiger partial charge in [0.15, 0.2) is 11.6 Å². The maximum Gasteiger partial charge on any atom is 0.276 e. The Hall–Kier alpha value is -5.24. The fourth-order valence-corrected chi connectivity index (χ4v) is 4.57. The number of hydrogen-bond acceptors (Lipinski definition) is 10. The zero-order valence-corrected chi connectivity index (χ0v) is 23.8. The number of pyridine rings is 2. The van der Waals surface area contributed by atoms with Gasteiger partial charge in [0.1, 0.15) is 41.0 Å². The van der Waals surface area contributed by atoms with Gasteiger partial charge >= 0.3 is 0 Å². The van der Waals surface area contributed by atoms with Crippen molar-refractivity contribution in [3.05, 3.63) is 78.0 Å². The molecule has 0 fully saturated rings. The van der Waals surface area contributed by atoms with Crippen molar-refractivity contribution < 1.29 is 23.5 Å². The van der Waals surface area contributed by atoms with E-state index in [0.717, 1.165) is 6.20 Å². The molecule has 0 aliphatic rings. The van der Waals surface area contributed by atoms with Gasteiger partial charge in [0.05, 0.1) is 30.0 Å². The summed E-state index contributed by atoms with van der Waals surface area (Å²) in [6.45, 7) is 6.56. The number of imidazole rings is 1. The van der Waals surface area contributed by atoms with Crippen LogP contribution >= 0.6 is 0 Å². The molecule has 4 aromatic heterocycles. The topological polar surface area (TPSA) is 143 Å². The van der Waals surface area contributed by atoms with Gasteiger partial charge in [0.25, 0.3) is 5.91 Å². The Bertz CT molecular complexity index is 1760. The van der Waals surface area contributed by atoms with E-state index in [4.69, 9.17) is 9.94 Å². The van der Waals surface area contributed by atoms with Gasteiger partial charge in [-0.3, -0.25) is 10.0 Å². The molecule has 0 saturated carbocycles. The number of ether oxygens (including phenoxy) is 1. The van der Waals surface area contributed by atoms with Crippen molar-refractivity contribution in [2.45, 2.75) is 26.8 Å². The van der Waals surface area contributed by atoms with Crippen LogP contribution in [0.5, 0.6) is 5.75 Å². The molecule has 0 aliphatic carbocycles. The Morgan fingerprint density at radius 1 is 1.05 bits per heavy atom. The Morgan fingerprint density at radius 2 is 1.86 bits per heavy atom. The fourth-order valence-electron chi connectivity index (χ4n) is 4.57. The maximum atomic E-state index is 15.0. The van der Waals surface area contributed by atoms with Crippen molar-refractivity contribution in [2.24, 2.45) is 0 Å². The number of hydroxylamine groups is 1. The first-order chi connectivity index (χ1) is 20.6. The van der Waals surface area contributed by atoms with E-state index >= 15 is 0 Å². The summed E-state index contributed by atoms with van der Waals surface area (Å²) in [5.74, 6) is 0.389. The minimum absolute atomic E-state index is 0.0318. The molecule has 1 aromatic carbocycles. The highest BCUT2D eigenvalue weighted by Gasteiger charge is 2.18. The fraction of sp³-hybridized carbons (Fsp3) is 0.241. The Kier molecular flexibility index (Phi) is 8.39. The van der Waals surface area contributed by atoms with Crippen molar-refractivity contribution in [2.75, 3.05) is 30.4 Å². The van der Waals surface area contributed by atoms with Crippen LogP contribution in [0.25, 0.3) is 22.3 Å². The third-order valence-electron chi connectivity index (χ3n) is 6.63. The Morgan fingerprint density at radius 3 is 2.53 bits per heavy atom. The smallest absolute Gasteiger partial charge is 0.276 e. The van der Waals surface area contributed by atoms with E-state index in [1.165, 1.54) is 18.5 Å². The second-order valence-electron chi connectivity index (χ2n) is 9.96. The number of carbonyl (C=O) groups excluding carboxylic acids is 1. The molecular formula is C29H29F2N9O3. The quantitative estimate of drug-likeness (QED) is 0.153. The van der Waals surface area contributed by atoms with E-state index in [-0.39, 0.29) is 34.3 Å². The largest absolute Gasteiger partial charge is 0.490 e. The molecule has 5 aromatic rings. The minimum atomic E-state index is -0.694. The third-order valence-corrected chi connectivity index (χ3v) is 6.63. The number of halogens is 2. The van der Waals surface area contributed by atoms with Gasteiger partial charge in [-0.2, -0.15) is 0 Å². The molecule has 0 spiro atoms. The predicted octanol–water partition coefficient (Wildman–Crippen LogP) is 4.83. The van der Waals surface area contributed by atoms with Gasteiger partial charge in [0, 0.05) is 24.8 Å². The van der Waals surface area contributed by atoms with Crippen LogP contribution in [0.15, 0.2) is 55.0 Å². The number of hydrogen-bond donors (Lipinski definition) is 3. The number of fused-ring (bicyclic) bond motifs is 1. The zero-order chi connectivity index (χ0) is 30.7. The predicted molar refractivity (Wildman–Crippen MR) is 156 cm³/mol. The van der Waals surface area contributed by atoms with E-state index in [2.05, 4.69) is 30.2 Å². The van der Waals surface area contributed by atoms with Crippen LogP contribution in [0.1, 0.15) is 36.1 Å². The molecule has 0 bridgehead atoms. The van der Waals surface area contributed by atoms with Crippen LogP contribution in [-0.2, 0) is 0 Å². The SMILES string of the molecule is Cc1nc2c(F)cc(-c3nc(Nc4ccc(OCCN(C)c5ccc(C(=O)NO)cn5)cn4)ncc3F)cc2n1C(C)C. The summed E-state index contributed by atoms with van der Waals surface area (Å²) in [7, 11) is 1.83. The highest BCUT2D eigenvalue weighted by atomic mass is 19.1. The molecule has 5 rings (SSSR count). The number of nitrogens with zero attached hydrogens (tertiary/aromatic N) is 7. The summed E-state index contributed by atoms with van der Waals surface area (Å²) >= 11 is 0. The Labute approximate surface area is 245 Å². The van der Waals surface area contributed by atoms with Gasteiger partial charge in [-0.15, -0.1) is 0 Å². The van der Waals surface area contributed by atoms with Crippen molar-refractivity contribution in [3.63, 3.8) is 0 Å². The lowest BCUT2D eigenvalue weighted by atomic mass is 10.1. The average Bonchev–Trinajstić information content (AvgIpc) is 3.35. The lowest BCUT2D eigenvalue weighted by Gasteiger charge is -2.18. The van der Waals surface area contributed by atoms with Gasteiger partial charge in [0.2, 0.25) is 5.95 Å². The van der Waals surface area contributed by atoms with Crippen molar-refractivity contribution in [1.82, 2.24) is 35.0 Å². The van der Waals surface area contributed by atoms with E-state index in [1.54, 1.807) is 42.7 Å². The van der Waals surface area contributed by atoms with Crippen LogP contribution < -0.4 is 20.4 Å². The molecule has 3 N–H and O–H groups in total. The summed E-state index contributed by atoms with van der Waals surface area (Å²) in [5.41, 5.74) is 2.78. The standard InChI is InChI=1S/C29H29F2N9O3/c1-16(2)40-17(3)35-27-21(30)11-19(12-23(27)40)26-22(31)15-34-29(37-26)36-24-7-6-20(14-32-24)43-10-9-39(4)25-8-5-18(13-33-25)28(41)38-42/h5-8,11-16,42H,9-10H2,1-4H3,(H,38,41)(H,32,34,36,37). The highest BCUT2D eigenvalue weighted by Crippen LogP contribution is 2.30. The maximum absolute atomic E-state index is 15.0. The molecule has 1 amide bonds. The average molecular weight is 590 g/mol. The van der Waals surface area contributed by atoms with E-state index in [9.17, 15) is 13.6 Å². The van der Waals surface area contributed by atoms with Crippen molar-refractivity contribution in [3.8, 4) is 17.0 Å². The van der Waals surface area contributed by atoms with E-state index < -0.39 is 17.5 Å².